The summed E-state index contributed by atoms with van der Waals surface area (Å²) in [7, 11) is 8.55. The van der Waals surface area contributed by atoms with Crippen LogP contribution in [-0.4, -0.2) is 47.8 Å². The molecule has 0 saturated heterocycles. The monoisotopic (exact) mass is 413 g/mol. The lowest BCUT2D eigenvalue weighted by molar-refractivity contribution is 0.103. The lowest BCUT2D eigenvalue weighted by Gasteiger charge is -2.19. The second kappa shape index (κ2) is 10.6. The van der Waals surface area contributed by atoms with Crippen LogP contribution in [0.3, 0.4) is 0 Å². The number of Topliss-reactive ketones (excluding diaryl/α,β-unsaturated/α-hetero) is 1. The minimum absolute atomic E-state index is 0.0412. The molecule has 0 heterocycles. The van der Waals surface area contributed by atoms with Crippen LogP contribution in [-0.2, 0) is 0 Å². The van der Waals surface area contributed by atoms with Gasteiger partial charge in [0.05, 0.1) is 33.6 Å². The van der Waals surface area contributed by atoms with Crippen molar-refractivity contribution in [2.24, 2.45) is 0 Å². The molecule has 162 valence electrons. The van der Waals surface area contributed by atoms with Gasteiger partial charge in [-0.2, -0.15) is 0 Å². The van der Waals surface area contributed by atoms with Crippen molar-refractivity contribution in [3.05, 3.63) is 47.0 Å². The highest BCUT2D eigenvalue weighted by Crippen LogP contribution is 2.41. The first-order valence-electron chi connectivity index (χ1n) is 9.90. The van der Waals surface area contributed by atoms with E-state index in [-0.39, 0.29) is 5.78 Å². The summed E-state index contributed by atoms with van der Waals surface area (Å²) in [6.07, 6.45) is 2.41. The zero-order chi connectivity index (χ0) is 22.3. The van der Waals surface area contributed by atoms with Crippen LogP contribution in [0, 0.1) is 0 Å². The van der Waals surface area contributed by atoms with E-state index in [0.717, 1.165) is 17.0 Å². The number of rotatable bonds is 10. The molecule has 0 saturated carbocycles. The molecule has 0 N–H and O–H groups in total. The second-order valence-electron chi connectivity index (χ2n) is 6.79. The van der Waals surface area contributed by atoms with E-state index in [4.69, 9.17) is 18.9 Å². The van der Waals surface area contributed by atoms with E-state index in [1.807, 2.05) is 57.1 Å². The molecule has 0 fully saturated rings. The van der Waals surface area contributed by atoms with E-state index < -0.39 is 0 Å². The van der Waals surface area contributed by atoms with Gasteiger partial charge in [0.2, 0.25) is 5.75 Å². The van der Waals surface area contributed by atoms with Gasteiger partial charge in [0.15, 0.2) is 17.3 Å². The van der Waals surface area contributed by atoms with E-state index in [1.165, 1.54) is 0 Å². The van der Waals surface area contributed by atoms with Gasteiger partial charge in [-0.1, -0.05) is 6.92 Å². The number of allylic oxidation sites excluding steroid dienone is 1. The molecular weight excluding hydrogens is 382 g/mol. The van der Waals surface area contributed by atoms with Crippen molar-refractivity contribution in [1.82, 2.24) is 0 Å². The standard InChI is InChI=1S/C24H31NO5/c1-8-16(14-18-11-13-21(27-5)24(29-7)23(18)28-6)22(26)17-10-12-20(30-9-2)19(15-17)25(3)4/h10-15H,8-9H2,1-7H3. The number of nitrogens with zero attached hydrogens (tertiary/aromatic N) is 1. The van der Waals surface area contributed by atoms with Gasteiger partial charge >= 0.3 is 0 Å². The third-order valence-electron chi connectivity index (χ3n) is 4.74. The van der Waals surface area contributed by atoms with Gasteiger partial charge in [0, 0.05) is 30.8 Å². The SMILES string of the molecule is CCOc1ccc(C(=O)C(=Cc2ccc(OC)c(OC)c2OC)CC)cc1N(C)C. The first kappa shape index (κ1) is 23.1. The average molecular weight is 414 g/mol. The van der Waals surface area contributed by atoms with Gasteiger partial charge in [-0.25, -0.2) is 0 Å². The fourth-order valence-corrected chi connectivity index (χ4v) is 3.22. The van der Waals surface area contributed by atoms with Crippen molar-refractivity contribution in [2.45, 2.75) is 20.3 Å². The number of anilines is 1. The summed E-state index contributed by atoms with van der Waals surface area (Å²) in [6, 6.07) is 9.16. The summed E-state index contributed by atoms with van der Waals surface area (Å²) >= 11 is 0. The van der Waals surface area contributed by atoms with Crippen molar-refractivity contribution in [2.75, 3.05) is 46.9 Å². The summed E-state index contributed by atoms with van der Waals surface area (Å²) in [5.74, 6) is 2.30. The first-order valence-corrected chi connectivity index (χ1v) is 9.90. The molecule has 30 heavy (non-hydrogen) atoms. The third kappa shape index (κ3) is 4.87. The Morgan fingerprint density at radius 1 is 0.933 bits per heavy atom. The molecule has 0 bridgehead atoms. The van der Waals surface area contributed by atoms with Crippen LogP contribution >= 0.6 is 0 Å². The van der Waals surface area contributed by atoms with Crippen LogP contribution in [0.1, 0.15) is 36.2 Å². The topological polar surface area (TPSA) is 57.2 Å². The van der Waals surface area contributed by atoms with E-state index in [9.17, 15) is 4.79 Å². The van der Waals surface area contributed by atoms with Crippen molar-refractivity contribution >= 4 is 17.5 Å². The number of methoxy groups -OCH3 is 3. The van der Waals surface area contributed by atoms with E-state index in [1.54, 1.807) is 33.5 Å². The van der Waals surface area contributed by atoms with Gasteiger partial charge in [-0.15, -0.1) is 0 Å². The van der Waals surface area contributed by atoms with Gasteiger partial charge < -0.3 is 23.8 Å². The quantitative estimate of drug-likeness (QED) is 0.410. The molecule has 2 aromatic carbocycles. The van der Waals surface area contributed by atoms with Crippen LogP contribution in [0.5, 0.6) is 23.0 Å². The summed E-state index contributed by atoms with van der Waals surface area (Å²) in [6.45, 7) is 4.46. The Labute approximate surface area is 179 Å². The maximum atomic E-state index is 13.3. The van der Waals surface area contributed by atoms with Crippen molar-refractivity contribution < 1.29 is 23.7 Å². The summed E-state index contributed by atoms with van der Waals surface area (Å²) in [5.41, 5.74) is 2.88. The van der Waals surface area contributed by atoms with Crippen LogP contribution in [0.15, 0.2) is 35.9 Å². The number of benzene rings is 2. The summed E-state index contributed by atoms with van der Waals surface area (Å²) < 4.78 is 22.0. The lowest BCUT2D eigenvalue weighted by Crippen LogP contribution is -2.12. The molecule has 0 atom stereocenters. The van der Waals surface area contributed by atoms with E-state index >= 15 is 0 Å². The van der Waals surface area contributed by atoms with E-state index in [2.05, 4.69) is 0 Å². The zero-order valence-electron chi connectivity index (χ0n) is 18.9. The van der Waals surface area contributed by atoms with Crippen LogP contribution in [0.25, 0.3) is 6.08 Å². The Hall–Kier alpha value is -3.15. The minimum atomic E-state index is -0.0412. The van der Waals surface area contributed by atoms with Gasteiger partial charge in [0.1, 0.15) is 5.75 Å². The molecule has 0 aromatic heterocycles. The molecule has 2 aromatic rings. The predicted molar refractivity (Wildman–Crippen MR) is 121 cm³/mol. The van der Waals surface area contributed by atoms with Gasteiger partial charge in [-0.3, -0.25) is 4.79 Å². The molecule has 0 aliphatic rings. The van der Waals surface area contributed by atoms with Gasteiger partial charge in [0.25, 0.3) is 0 Å². The fourth-order valence-electron chi connectivity index (χ4n) is 3.22. The van der Waals surface area contributed by atoms with Gasteiger partial charge in [-0.05, 0) is 49.8 Å². The highest BCUT2D eigenvalue weighted by molar-refractivity contribution is 6.12. The lowest BCUT2D eigenvalue weighted by atomic mass is 9.97. The molecule has 6 heteroatoms. The van der Waals surface area contributed by atoms with Crippen molar-refractivity contribution in [1.29, 1.82) is 0 Å². The number of ether oxygens (including phenoxy) is 4. The first-order chi connectivity index (χ1) is 14.4. The Morgan fingerprint density at radius 2 is 1.60 bits per heavy atom. The van der Waals surface area contributed by atoms with E-state index in [0.29, 0.717) is 41.4 Å². The molecule has 0 spiro atoms. The molecule has 2 rings (SSSR count). The molecule has 0 unspecified atom stereocenters. The third-order valence-corrected chi connectivity index (χ3v) is 4.74. The molecule has 0 aliphatic carbocycles. The average Bonchev–Trinajstić information content (AvgIpc) is 2.76. The Bertz CT molecular complexity index is 918. The molecule has 0 amide bonds. The van der Waals surface area contributed by atoms with Crippen LogP contribution in [0.4, 0.5) is 5.69 Å². The second-order valence-corrected chi connectivity index (χ2v) is 6.79. The Kier molecular flexibility index (Phi) is 8.16. The minimum Gasteiger partial charge on any atom is -0.493 e. The normalized spacial score (nSPS) is 11.1. The number of ketones is 1. The number of carbonyl (C=O) groups excluding carboxylic acids is 1. The zero-order valence-corrected chi connectivity index (χ0v) is 18.9. The fraction of sp³-hybridized carbons (Fsp3) is 0.375. The highest BCUT2D eigenvalue weighted by Gasteiger charge is 2.18. The number of hydrogen-bond acceptors (Lipinski definition) is 6. The van der Waals surface area contributed by atoms with Crippen molar-refractivity contribution in [3.63, 3.8) is 0 Å². The molecular formula is C24H31NO5. The number of hydrogen-bond donors (Lipinski definition) is 0. The highest BCUT2D eigenvalue weighted by atomic mass is 16.5. The van der Waals surface area contributed by atoms with Crippen LogP contribution in [0.2, 0.25) is 0 Å². The Morgan fingerprint density at radius 3 is 2.13 bits per heavy atom. The molecule has 0 aliphatic heterocycles. The summed E-state index contributed by atoms with van der Waals surface area (Å²) in [5, 5.41) is 0. The maximum absolute atomic E-state index is 13.3. The van der Waals surface area contributed by atoms with Crippen molar-refractivity contribution in [3.8, 4) is 23.0 Å². The smallest absolute Gasteiger partial charge is 0.203 e. The molecule has 0 radical (unpaired) electrons. The Balaban J connectivity index is 2.51. The van der Waals surface area contributed by atoms with Crippen LogP contribution < -0.4 is 23.8 Å². The predicted octanol–water partition coefficient (Wildman–Crippen LogP) is 4.85. The summed E-state index contributed by atoms with van der Waals surface area (Å²) in [4.78, 5) is 15.2. The maximum Gasteiger partial charge on any atom is 0.203 e. The molecule has 6 nitrogen and oxygen atoms in total. The number of carbonyl (C=O) groups is 1. The largest absolute Gasteiger partial charge is 0.493 e.